The molecule has 3 aromatic heterocycles. The second-order valence-corrected chi connectivity index (χ2v) is 7.85. The molecule has 5 rings (SSSR count). The van der Waals surface area contributed by atoms with Crippen LogP contribution >= 0.6 is 0 Å². The average molecular weight is 447 g/mol. The van der Waals surface area contributed by atoms with E-state index in [4.69, 9.17) is 14.6 Å². The van der Waals surface area contributed by atoms with Crippen LogP contribution in [-0.2, 0) is 4.79 Å². The molecular formula is C23H25N7O3. The summed E-state index contributed by atoms with van der Waals surface area (Å²) in [7, 11) is 0. The van der Waals surface area contributed by atoms with Gasteiger partial charge in [0, 0.05) is 17.9 Å². The smallest absolute Gasteiger partial charge is 0.226 e. The highest BCUT2D eigenvalue weighted by molar-refractivity contribution is 5.95. The fourth-order valence-corrected chi connectivity index (χ4v) is 4.28. The molecular weight excluding hydrogens is 422 g/mol. The summed E-state index contributed by atoms with van der Waals surface area (Å²) in [5.41, 5.74) is 3.40. The van der Waals surface area contributed by atoms with Crippen molar-refractivity contribution in [2.24, 2.45) is 0 Å². The first-order valence-electron chi connectivity index (χ1n) is 11.0. The zero-order chi connectivity index (χ0) is 23.1. The molecule has 0 bridgehead atoms. The van der Waals surface area contributed by atoms with Crippen LogP contribution in [0.15, 0.2) is 30.3 Å². The number of nitrogens with one attached hydrogen (secondary N) is 1. The lowest BCUT2D eigenvalue weighted by Crippen LogP contribution is -2.25. The standard InChI is InChI=1S/C23H25N7O3/c1-5-32-17-8-7-15(11-18(17)33-6-2)16-12-21(31)24-23-22(16)13(3)27-30(23)20-10-9-19-26-25-14(4)29(19)28-20/h7-11,16H,5-6,12H2,1-4H3,(H,24,31)/t16-/m1/s1. The molecule has 4 aromatic rings. The molecule has 0 aliphatic carbocycles. The number of benzene rings is 1. The van der Waals surface area contributed by atoms with Gasteiger partial charge in [-0.3, -0.25) is 4.79 Å². The fraction of sp³-hybridized carbons (Fsp3) is 0.348. The number of fused-ring (bicyclic) bond motifs is 2. The first kappa shape index (κ1) is 20.9. The van der Waals surface area contributed by atoms with E-state index < -0.39 is 0 Å². The SMILES string of the molecule is CCOc1ccc([C@H]2CC(=O)Nc3c2c(C)nn3-c2ccc3nnc(C)n3n2)cc1OCC. The molecule has 1 aliphatic heterocycles. The molecule has 1 aromatic carbocycles. The molecule has 4 heterocycles. The molecule has 1 amide bonds. The van der Waals surface area contributed by atoms with E-state index in [1.807, 2.05) is 58.0 Å². The Morgan fingerprint density at radius 2 is 1.82 bits per heavy atom. The van der Waals surface area contributed by atoms with Crippen LogP contribution in [0.4, 0.5) is 5.82 Å². The summed E-state index contributed by atoms with van der Waals surface area (Å²) in [5, 5.41) is 20.5. The highest BCUT2D eigenvalue weighted by Crippen LogP contribution is 2.42. The molecule has 1 aliphatic rings. The quantitative estimate of drug-likeness (QED) is 0.483. The third-order valence-electron chi connectivity index (χ3n) is 5.69. The fourth-order valence-electron chi connectivity index (χ4n) is 4.28. The summed E-state index contributed by atoms with van der Waals surface area (Å²) in [6.45, 7) is 8.72. The van der Waals surface area contributed by atoms with Gasteiger partial charge in [0.15, 0.2) is 28.8 Å². The lowest BCUT2D eigenvalue weighted by molar-refractivity contribution is -0.116. The molecule has 0 saturated carbocycles. The summed E-state index contributed by atoms with van der Waals surface area (Å²) < 4.78 is 14.8. The number of anilines is 1. The molecule has 170 valence electrons. The van der Waals surface area contributed by atoms with E-state index in [9.17, 15) is 4.79 Å². The number of amides is 1. The molecule has 0 unspecified atom stereocenters. The number of hydrogen-bond donors (Lipinski definition) is 1. The van der Waals surface area contributed by atoms with Crippen molar-refractivity contribution >= 4 is 17.4 Å². The number of nitrogens with zero attached hydrogens (tertiary/aromatic N) is 6. The largest absolute Gasteiger partial charge is 0.490 e. The molecule has 0 fully saturated rings. The number of ether oxygens (including phenoxy) is 2. The van der Waals surface area contributed by atoms with Crippen LogP contribution in [-0.4, -0.2) is 48.7 Å². The normalized spacial score (nSPS) is 15.4. The van der Waals surface area contributed by atoms with Crippen molar-refractivity contribution < 1.29 is 14.3 Å². The minimum Gasteiger partial charge on any atom is -0.490 e. The van der Waals surface area contributed by atoms with Crippen LogP contribution in [0, 0.1) is 13.8 Å². The summed E-state index contributed by atoms with van der Waals surface area (Å²) in [6, 6.07) is 9.50. The van der Waals surface area contributed by atoms with Gasteiger partial charge in [-0.15, -0.1) is 15.3 Å². The topological polar surface area (TPSA) is 108 Å². The van der Waals surface area contributed by atoms with Gasteiger partial charge in [0.2, 0.25) is 5.91 Å². The van der Waals surface area contributed by atoms with Crippen LogP contribution in [0.2, 0.25) is 0 Å². The van der Waals surface area contributed by atoms with Crippen LogP contribution in [0.1, 0.15) is 48.8 Å². The lowest BCUT2D eigenvalue weighted by atomic mass is 9.85. The van der Waals surface area contributed by atoms with Crippen molar-refractivity contribution in [2.45, 2.75) is 40.0 Å². The van der Waals surface area contributed by atoms with E-state index in [0.717, 1.165) is 16.8 Å². The Morgan fingerprint density at radius 3 is 2.61 bits per heavy atom. The minimum absolute atomic E-state index is 0.0814. The molecule has 0 radical (unpaired) electrons. The van der Waals surface area contributed by atoms with E-state index in [2.05, 4.69) is 20.6 Å². The second-order valence-electron chi connectivity index (χ2n) is 7.85. The highest BCUT2D eigenvalue weighted by Gasteiger charge is 2.33. The van der Waals surface area contributed by atoms with Gasteiger partial charge in [0.05, 0.1) is 18.9 Å². The van der Waals surface area contributed by atoms with E-state index in [1.54, 1.807) is 9.20 Å². The molecule has 0 spiro atoms. The monoisotopic (exact) mass is 447 g/mol. The first-order chi connectivity index (χ1) is 16.0. The highest BCUT2D eigenvalue weighted by atomic mass is 16.5. The van der Waals surface area contributed by atoms with Crippen molar-refractivity contribution in [3.8, 4) is 17.3 Å². The third-order valence-corrected chi connectivity index (χ3v) is 5.69. The Kier molecular flexibility index (Phi) is 5.20. The van der Waals surface area contributed by atoms with Crippen LogP contribution in [0.5, 0.6) is 11.5 Å². The van der Waals surface area contributed by atoms with Gasteiger partial charge in [-0.25, -0.2) is 0 Å². The molecule has 1 N–H and O–H groups in total. The maximum Gasteiger partial charge on any atom is 0.226 e. The molecule has 0 saturated heterocycles. The number of hydrogen-bond acceptors (Lipinski definition) is 7. The molecule has 1 atom stereocenters. The van der Waals surface area contributed by atoms with Crippen molar-refractivity contribution in [1.29, 1.82) is 0 Å². The number of carbonyl (C=O) groups excluding carboxylic acids is 1. The van der Waals surface area contributed by atoms with Crippen LogP contribution in [0.25, 0.3) is 11.5 Å². The zero-order valence-corrected chi connectivity index (χ0v) is 19.0. The van der Waals surface area contributed by atoms with Gasteiger partial charge < -0.3 is 14.8 Å². The van der Waals surface area contributed by atoms with Gasteiger partial charge >= 0.3 is 0 Å². The summed E-state index contributed by atoms with van der Waals surface area (Å²) in [4.78, 5) is 12.8. The van der Waals surface area contributed by atoms with E-state index in [-0.39, 0.29) is 11.8 Å². The summed E-state index contributed by atoms with van der Waals surface area (Å²) >= 11 is 0. The molecule has 33 heavy (non-hydrogen) atoms. The van der Waals surface area contributed by atoms with Crippen molar-refractivity contribution in [3.05, 3.63) is 53.0 Å². The maximum atomic E-state index is 12.8. The van der Waals surface area contributed by atoms with E-state index >= 15 is 0 Å². The van der Waals surface area contributed by atoms with Gasteiger partial charge in [-0.05, 0) is 57.5 Å². The van der Waals surface area contributed by atoms with Gasteiger partial charge in [0.1, 0.15) is 5.82 Å². The lowest BCUT2D eigenvalue weighted by Gasteiger charge is -2.25. The first-order valence-corrected chi connectivity index (χ1v) is 11.0. The Bertz CT molecular complexity index is 1360. The average Bonchev–Trinajstić information content (AvgIpc) is 3.34. The van der Waals surface area contributed by atoms with Gasteiger partial charge in [-0.2, -0.15) is 14.3 Å². The molecule has 10 heteroatoms. The Hall–Kier alpha value is -3.95. The van der Waals surface area contributed by atoms with Crippen molar-refractivity contribution in [3.63, 3.8) is 0 Å². The van der Waals surface area contributed by atoms with Crippen molar-refractivity contribution in [2.75, 3.05) is 18.5 Å². The minimum atomic E-state index is -0.169. The number of rotatable bonds is 6. The van der Waals surface area contributed by atoms with Gasteiger partial charge in [-0.1, -0.05) is 6.07 Å². The Morgan fingerprint density at radius 1 is 1.03 bits per heavy atom. The zero-order valence-electron chi connectivity index (χ0n) is 19.0. The van der Waals surface area contributed by atoms with Crippen LogP contribution < -0.4 is 14.8 Å². The molecule has 10 nitrogen and oxygen atoms in total. The number of aryl methyl sites for hydroxylation is 2. The Labute approximate surface area is 190 Å². The maximum absolute atomic E-state index is 12.8. The summed E-state index contributed by atoms with van der Waals surface area (Å²) in [5.74, 6) is 2.97. The van der Waals surface area contributed by atoms with E-state index in [0.29, 0.717) is 54.2 Å². The van der Waals surface area contributed by atoms with E-state index in [1.165, 1.54) is 0 Å². The second kappa shape index (κ2) is 8.19. The predicted octanol–water partition coefficient (Wildman–Crippen LogP) is 3.20. The van der Waals surface area contributed by atoms with Crippen LogP contribution in [0.3, 0.4) is 0 Å². The number of aromatic nitrogens is 6. The number of carbonyl (C=O) groups is 1. The van der Waals surface area contributed by atoms with Crippen molar-refractivity contribution in [1.82, 2.24) is 29.6 Å². The third kappa shape index (κ3) is 3.57. The summed E-state index contributed by atoms with van der Waals surface area (Å²) in [6.07, 6.45) is 0.316. The predicted molar refractivity (Wildman–Crippen MR) is 121 cm³/mol. The van der Waals surface area contributed by atoms with Gasteiger partial charge in [0.25, 0.3) is 0 Å². The Balaban J connectivity index is 1.62.